The first-order chi connectivity index (χ1) is 16.5. The van der Waals surface area contributed by atoms with Crippen LogP contribution in [0.1, 0.15) is 26.8 Å². The number of pyridine rings is 1. The molecule has 0 radical (unpaired) electrons. The van der Waals surface area contributed by atoms with E-state index < -0.39 is 0 Å². The molecule has 0 saturated carbocycles. The zero-order chi connectivity index (χ0) is 23.8. The summed E-state index contributed by atoms with van der Waals surface area (Å²) in [6.45, 7) is 9.30. The molecule has 1 fully saturated rings. The second-order valence-corrected chi connectivity index (χ2v) is 8.91. The molecule has 7 heteroatoms. The lowest BCUT2D eigenvalue weighted by Crippen LogP contribution is -2.37. The van der Waals surface area contributed by atoms with Crippen LogP contribution in [0.25, 0.3) is 27.8 Å². The first-order valence-corrected chi connectivity index (χ1v) is 11.9. The van der Waals surface area contributed by atoms with Gasteiger partial charge in [-0.3, -0.25) is 13.9 Å². The van der Waals surface area contributed by atoms with Gasteiger partial charge in [0.05, 0.1) is 35.8 Å². The predicted molar refractivity (Wildman–Crippen MR) is 136 cm³/mol. The second-order valence-electron chi connectivity index (χ2n) is 8.91. The van der Waals surface area contributed by atoms with Gasteiger partial charge in [-0.05, 0) is 39.0 Å². The van der Waals surface area contributed by atoms with Crippen molar-refractivity contribution in [1.29, 1.82) is 0 Å². The van der Waals surface area contributed by atoms with Crippen molar-refractivity contribution in [3.05, 3.63) is 81.6 Å². The van der Waals surface area contributed by atoms with Crippen LogP contribution >= 0.6 is 0 Å². The maximum atomic E-state index is 13.5. The molecule has 0 unspecified atom stereocenters. The molecule has 0 spiro atoms. The monoisotopic (exact) mass is 458 g/mol. The smallest absolute Gasteiger partial charge is 0.333 e. The summed E-state index contributed by atoms with van der Waals surface area (Å²) in [7, 11) is 0. The molecule has 0 aliphatic carbocycles. The molecular weight excluding hydrogens is 428 g/mol. The summed E-state index contributed by atoms with van der Waals surface area (Å²) in [4.78, 5) is 28.7. The number of ether oxygens (including phenoxy) is 1. The van der Waals surface area contributed by atoms with Crippen molar-refractivity contribution >= 4 is 16.6 Å². The lowest BCUT2D eigenvalue weighted by atomic mass is 10.1. The van der Waals surface area contributed by atoms with E-state index in [1.54, 1.807) is 19.8 Å². The molecule has 2 aromatic heterocycles. The average molecular weight is 459 g/mol. The minimum absolute atomic E-state index is 0.0163. The summed E-state index contributed by atoms with van der Waals surface area (Å²) in [5.74, 6) is 0. The molecule has 5 rings (SSSR count). The van der Waals surface area contributed by atoms with Gasteiger partial charge in [0.15, 0.2) is 0 Å². The largest absolute Gasteiger partial charge is 0.378 e. The zero-order valence-corrected chi connectivity index (χ0v) is 19.9. The lowest BCUT2D eigenvalue weighted by Gasteiger charge is -2.30. The number of morpholine rings is 1. The van der Waals surface area contributed by atoms with Crippen molar-refractivity contribution < 1.29 is 4.74 Å². The Balaban J connectivity index is 1.78. The van der Waals surface area contributed by atoms with Crippen molar-refractivity contribution in [3.8, 4) is 16.9 Å². The van der Waals surface area contributed by atoms with Gasteiger partial charge in [0.1, 0.15) is 0 Å². The van der Waals surface area contributed by atoms with Crippen LogP contribution in [0.2, 0.25) is 0 Å². The maximum Gasteiger partial charge on any atom is 0.333 e. The van der Waals surface area contributed by atoms with Gasteiger partial charge >= 0.3 is 5.69 Å². The third-order valence-electron chi connectivity index (χ3n) is 6.54. The standard InChI is InChI=1S/C27H30N4O3/c1-4-29-23-11-10-21(16-22(23)24(17-26(29)32)28-12-14-34-15-13-28)31-25(20-8-6-5-7-9-20)18-30(19(2)3)27(31)33/h5-11,16-19H,4,12-15H2,1-3H3. The molecular formula is C27H30N4O3. The topological polar surface area (TPSA) is 61.4 Å². The molecule has 34 heavy (non-hydrogen) atoms. The van der Waals surface area contributed by atoms with Gasteiger partial charge in [-0.25, -0.2) is 4.79 Å². The minimum Gasteiger partial charge on any atom is -0.378 e. The molecule has 0 bridgehead atoms. The number of hydrogen-bond acceptors (Lipinski definition) is 4. The number of imidazole rings is 1. The van der Waals surface area contributed by atoms with Gasteiger partial charge in [0, 0.05) is 48.9 Å². The predicted octanol–water partition coefficient (Wildman–Crippen LogP) is 4.06. The van der Waals surface area contributed by atoms with Gasteiger partial charge < -0.3 is 14.2 Å². The molecule has 2 aromatic carbocycles. The first kappa shape index (κ1) is 22.2. The van der Waals surface area contributed by atoms with E-state index >= 15 is 0 Å². The van der Waals surface area contributed by atoms with E-state index in [1.165, 1.54) is 0 Å². The number of anilines is 1. The molecule has 0 N–H and O–H groups in total. The summed E-state index contributed by atoms with van der Waals surface area (Å²) in [6.07, 6.45) is 1.93. The highest BCUT2D eigenvalue weighted by atomic mass is 16.5. The second kappa shape index (κ2) is 8.99. The molecule has 7 nitrogen and oxygen atoms in total. The minimum atomic E-state index is -0.0788. The first-order valence-electron chi connectivity index (χ1n) is 11.9. The highest BCUT2D eigenvalue weighted by Gasteiger charge is 2.20. The Morgan fingerprint density at radius 2 is 1.71 bits per heavy atom. The van der Waals surface area contributed by atoms with Crippen LogP contribution in [0.3, 0.4) is 0 Å². The summed E-state index contributed by atoms with van der Waals surface area (Å²) in [6, 6.07) is 17.7. The fraction of sp³-hybridized carbons (Fsp3) is 0.333. The Morgan fingerprint density at radius 1 is 0.971 bits per heavy atom. The summed E-state index contributed by atoms with van der Waals surface area (Å²) in [5, 5.41) is 0.962. The molecule has 1 aliphatic rings. The van der Waals surface area contributed by atoms with Crippen molar-refractivity contribution in [2.24, 2.45) is 0 Å². The van der Waals surface area contributed by atoms with Crippen LogP contribution in [0.5, 0.6) is 0 Å². The Morgan fingerprint density at radius 3 is 2.38 bits per heavy atom. The van der Waals surface area contributed by atoms with Gasteiger partial charge in [-0.15, -0.1) is 0 Å². The number of aromatic nitrogens is 3. The van der Waals surface area contributed by atoms with Crippen LogP contribution in [0, 0.1) is 0 Å². The van der Waals surface area contributed by atoms with Crippen LogP contribution in [-0.4, -0.2) is 40.0 Å². The molecule has 3 heterocycles. The van der Waals surface area contributed by atoms with Crippen LogP contribution < -0.4 is 16.1 Å². The van der Waals surface area contributed by atoms with Crippen LogP contribution in [0.4, 0.5) is 5.69 Å². The highest BCUT2D eigenvalue weighted by Crippen LogP contribution is 2.30. The summed E-state index contributed by atoms with van der Waals surface area (Å²) in [5.41, 5.74) is 4.28. The number of benzene rings is 2. The fourth-order valence-corrected chi connectivity index (χ4v) is 4.78. The van der Waals surface area contributed by atoms with E-state index in [4.69, 9.17) is 4.74 Å². The Kier molecular flexibility index (Phi) is 5.87. The third-order valence-corrected chi connectivity index (χ3v) is 6.54. The van der Waals surface area contributed by atoms with E-state index in [9.17, 15) is 9.59 Å². The van der Waals surface area contributed by atoms with E-state index in [2.05, 4.69) is 4.90 Å². The van der Waals surface area contributed by atoms with Crippen molar-refractivity contribution in [3.63, 3.8) is 0 Å². The molecule has 0 amide bonds. The number of fused-ring (bicyclic) bond motifs is 1. The fourth-order valence-electron chi connectivity index (χ4n) is 4.78. The van der Waals surface area contributed by atoms with Crippen LogP contribution in [-0.2, 0) is 11.3 Å². The number of rotatable bonds is 5. The molecule has 1 aliphatic heterocycles. The normalized spacial score (nSPS) is 14.3. The summed E-state index contributed by atoms with van der Waals surface area (Å²) < 4.78 is 10.9. The number of aryl methyl sites for hydroxylation is 1. The van der Waals surface area contributed by atoms with Gasteiger partial charge in [-0.2, -0.15) is 0 Å². The SMILES string of the molecule is CCn1c(=O)cc(N2CCOCC2)c2cc(-n3c(-c4ccccc4)cn(C(C)C)c3=O)ccc21. The van der Waals surface area contributed by atoms with E-state index in [-0.39, 0.29) is 17.3 Å². The van der Waals surface area contributed by atoms with Crippen LogP contribution in [0.15, 0.2) is 70.4 Å². The van der Waals surface area contributed by atoms with E-state index in [0.717, 1.165) is 46.6 Å². The van der Waals surface area contributed by atoms with E-state index in [0.29, 0.717) is 19.8 Å². The van der Waals surface area contributed by atoms with Gasteiger partial charge in [0.2, 0.25) is 0 Å². The quantitative estimate of drug-likeness (QED) is 0.453. The third kappa shape index (κ3) is 3.76. The van der Waals surface area contributed by atoms with Gasteiger partial charge in [-0.1, -0.05) is 30.3 Å². The molecule has 176 valence electrons. The zero-order valence-electron chi connectivity index (χ0n) is 19.9. The highest BCUT2D eigenvalue weighted by molar-refractivity contribution is 5.93. The molecule has 4 aromatic rings. The summed E-state index contributed by atoms with van der Waals surface area (Å²) >= 11 is 0. The Labute approximate surface area is 198 Å². The Bertz CT molecular complexity index is 1440. The van der Waals surface area contributed by atoms with Crippen molar-refractivity contribution in [2.75, 3.05) is 31.2 Å². The lowest BCUT2D eigenvalue weighted by molar-refractivity contribution is 0.123. The number of hydrogen-bond donors (Lipinski definition) is 0. The van der Waals surface area contributed by atoms with Crippen molar-refractivity contribution in [2.45, 2.75) is 33.4 Å². The Hall–Kier alpha value is -3.58. The maximum absolute atomic E-state index is 13.5. The molecule has 0 atom stereocenters. The number of nitrogens with zero attached hydrogens (tertiary/aromatic N) is 4. The average Bonchev–Trinajstić information content (AvgIpc) is 3.21. The van der Waals surface area contributed by atoms with Crippen molar-refractivity contribution in [1.82, 2.24) is 13.7 Å². The molecule has 1 saturated heterocycles. The van der Waals surface area contributed by atoms with Gasteiger partial charge in [0.25, 0.3) is 5.56 Å². The van der Waals surface area contributed by atoms with E-state index in [1.807, 2.05) is 75.5 Å².